The number of rotatable bonds is 18. The first-order chi connectivity index (χ1) is 20.3. The zero-order valence-electron chi connectivity index (χ0n) is 27.2. The van der Waals surface area contributed by atoms with E-state index in [1.807, 2.05) is 84.6 Å². The molecule has 11 heteroatoms. The van der Waals surface area contributed by atoms with Crippen molar-refractivity contribution in [1.82, 2.24) is 30.2 Å². The maximum absolute atomic E-state index is 5.67. The molecule has 0 saturated carbocycles. The van der Waals surface area contributed by atoms with Crippen LogP contribution in [-0.2, 0) is 0 Å². The number of hydrogen-bond donors (Lipinski definition) is 2. The van der Waals surface area contributed by atoms with Crippen LogP contribution in [0.2, 0.25) is 0 Å². The second-order valence-corrected chi connectivity index (χ2v) is 10.5. The molecule has 2 rings (SSSR count). The molecular weight excluding hydrogens is 581 g/mol. The molecule has 0 amide bonds. The van der Waals surface area contributed by atoms with Crippen molar-refractivity contribution in [2.45, 2.75) is 27.7 Å². The first-order valence-corrected chi connectivity index (χ1v) is 15.9. The van der Waals surface area contributed by atoms with Gasteiger partial charge in [0.1, 0.15) is 24.7 Å². The number of nitrogens with zero attached hydrogens (tertiary/aromatic N) is 4. The van der Waals surface area contributed by atoms with Crippen molar-refractivity contribution in [2.24, 2.45) is 0 Å². The summed E-state index contributed by atoms with van der Waals surface area (Å²) in [6.45, 7) is 19.6. The Morgan fingerprint density at radius 1 is 0.581 bits per heavy atom. The standard InChI is InChI=1S/2C16H27N3OS.H2O/c2*1-4-19(5-2)12-11-17-16(21)18(3)13-14-20-15-9-7-6-8-10-15;/h2*6-10H,4-5,11-14H2,1-3H3,(H,17,21);1H2. The lowest BCUT2D eigenvalue weighted by Crippen LogP contribution is -2.42. The van der Waals surface area contributed by atoms with Crippen LogP contribution in [0.3, 0.4) is 0 Å². The molecule has 0 aliphatic carbocycles. The number of benzene rings is 2. The highest BCUT2D eigenvalue weighted by Crippen LogP contribution is 2.08. The number of likely N-dealkylation sites (N-methyl/N-ethyl adjacent to an activating group) is 4. The van der Waals surface area contributed by atoms with Gasteiger partial charge in [-0.15, -0.1) is 0 Å². The van der Waals surface area contributed by atoms with Crippen LogP contribution in [0, 0.1) is 0 Å². The Morgan fingerprint density at radius 3 is 1.21 bits per heavy atom. The number of nitrogens with one attached hydrogen (secondary N) is 2. The van der Waals surface area contributed by atoms with Crippen molar-refractivity contribution in [1.29, 1.82) is 0 Å². The van der Waals surface area contributed by atoms with Gasteiger partial charge in [-0.1, -0.05) is 64.1 Å². The average molecular weight is 637 g/mol. The van der Waals surface area contributed by atoms with E-state index in [0.717, 1.165) is 87.2 Å². The van der Waals surface area contributed by atoms with E-state index in [0.29, 0.717) is 13.2 Å². The minimum atomic E-state index is 0. The fraction of sp³-hybridized carbons (Fsp3) is 0.562. The normalized spacial score (nSPS) is 10.2. The Balaban J connectivity index is 0.000000802. The molecule has 0 bridgehead atoms. The third-order valence-corrected chi connectivity index (χ3v) is 7.68. The third-order valence-electron chi connectivity index (χ3n) is 6.77. The SMILES string of the molecule is CCN(CC)CCNC(=S)N(C)CCOc1ccccc1.CCN(CC)CCNC(=S)N(C)CCOc1ccccc1.O. The number of ether oxygens (including phenoxy) is 2. The van der Waals surface area contributed by atoms with Gasteiger partial charge in [0.15, 0.2) is 10.2 Å². The minimum absolute atomic E-state index is 0. The van der Waals surface area contributed by atoms with E-state index in [4.69, 9.17) is 33.9 Å². The van der Waals surface area contributed by atoms with Crippen LogP contribution in [0.25, 0.3) is 0 Å². The van der Waals surface area contributed by atoms with Gasteiger partial charge in [-0.2, -0.15) is 0 Å². The molecule has 43 heavy (non-hydrogen) atoms. The monoisotopic (exact) mass is 636 g/mol. The van der Waals surface area contributed by atoms with Crippen molar-refractivity contribution in [3.8, 4) is 11.5 Å². The Labute approximate surface area is 271 Å². The molecule has 0 fully saturated rings. The highest BCUT2D eigenvalue weighted by molar-refractivity contribution is 7.80. The number of thiocarbonyl (C=S) groups is 2. The van der Waals surface area contributed by atoms with Crippen LogP contribution in [0.1, 0.15) is 27.7 Å². The van der Waals surface area contributed by atoms with E-state index in [1.54, 1.807) is 0 Å². The Morgan fingerprint density at radius 2 is 0.907 bits per heavy atom. The predicted octanol–water partition coefficient (Wildman–Crippen LogP) is 3.60. The summed E-state index contributed by atoms with van der Waals surface area (Å²) < 4.78 is 11.3. The van der Waals surface area contributed by atoms with Crippen LogP contribution >= 0.6 is 24.4 Å². The summed E-state index contributed by atoms with van der Waals surface area (Å²) in [5.74, 6) is 1.79. The molecular formula is C32H56N6O3S2. The number of hydrogen-bond acceptors (Lipinski definition) is 6. The van der Waals surface area contributed by atoms with Gasteiger partial charge in [-0.3, -0.25) is 0 Å². The summed E-state index contributed by atoms with van der Waals surface area (Å²) in [5, 5.41) is 8.13. The lowest BCUT2D eigenvalue weighted by molar-refractivity contribution is 0.280. The van der Waals surface area contributed by atoms with Gasteiger partial charge in [-0.05, 0) is 74.9 Å². The van der Waals surface area contributed by atoms with E-state index >= 15 is 0 Å². The Kier molecular flexibility index (Phi) is 24.1. The molecule has 0 spiro atoms. The molecule has 0 saturated heterocycles. The predicted molar refractivity (Wildman–Crippen MR) is 190 cm³/mol. The largest absolute Gasteiger partial charge is 0.492 e. The summed E-state index contributed by atoms with van der Waals surface area (Å²) in [6.07, 6.45) is 0. The van der Waals surface area contributed by atoms with E-state index in [-0.39, 0.29) is 5.48 Å². The third kappa shape index (κ3) is 19.2. The topological polar surface area (TPSA) is 87.0 Å². The molecule has 0 unspecified atom stereocenters. The molecule has 4 N–H and O–H groups in total. The van der Waals surface area contributed by atoms with Gasteiger partial charge in [0.25, 0.3) is 0 Å². The summed E-state index contributed by atoms with van der Waals surface area (Å²) in [4.78, 5) is 8.77. The van der Waals surface area contributed by atoms with Crippen molar-refractivity contribution in [3.63, 3.8) is 0 Å². The van der Waals surface area contributed by atoms with Crippen LogP contribution in [-0.4, -0.2) is 128 Å². The maximum atomic E-state index is 5.67. The van der Waals surface area contributed by atoms with E-state index < -0.39 is 0 Å². The van der Waals surface area contributed by atoms with E-state index in [9.17, 15) is 0 Å². The molecule has 2 aromatic carbocycles. The lowest BCUT2D eigenvalue weighted by Gasteiger charge is -2.23. The Hall–Kier alpha value is -2.70. The molecule has 0 radical (unpaired) electrons. The van der Waals surface area contributed by atoms with Gasteiger partial charge in [0, 0.05) is 40.3 Å². The smallest absolute Gasteiger partial charge is 0.168 e. The molecule has 0 atom stereocenters. The highest BCUT2D eigenvalue weighted by Gasteiger charge is 2.06. The lowest BCUT2D eigenvalue weighted by atomic mass is 10.3. The second kappa shape index (κ2) is 25.8. The van der Waals surface area contributed by atoms with E-state index in [2.05, 4.69) is 48.1 Å². The average Bonchev–Trinajstić information content (AvgIpc) is 3.02. The molecule has 0 aliphatic heterocycles. The molecule has 0 heterocycles. The molecule has 244 valence electrons. The first-order valence-electron chi connectivity index (χ1n) is 15.1. The Bertz CT molecular complexity index is 873. The van der Waals surface area contributed by atoms with Gasteiger partial charge in [0.05, 0.1) is 13.1 Å². The molecule has 2 aromatic rings. The highest BCUT2D eigenvalue weighted by atomic mass is 32.1. The molecule has 9 nitrogen and oxygen atoms in total. The van der Waals surface area contributed by atoms with Crippen molar-refractivity contribution >= 4 is 34.7 Å². The quantitative estimate of drug-likeness (QED) is 0.237. The fourth-order valence-corrected chi connectivity index (χ4v) is 4.22. The van der Waals surface area contributed by atoms with Crippen molar-refractivity contribution < 1.29 is 14.9 Å². The molecule has 0 aliphatic rings. The second-order valence-electron chi connectivity index (χ2n) is 9.68. The van der Waals surface area contributed by atoms with Gasteiger partial charge < -0.3 is 45.2 Å². The van der Waals surface area contributed by atoms with Crippen LogP contribution in [0.15, 0.2) is 60.7 Å². The van der Waals surface area contributed by atoms with Crippen LogP contribution in [0.5, 0.6) is 11.5 Å². The van der Waals surface area contributed by atoms with Crippen LogP contribution in [0.4, 0.5) is 0 Å². The van der Waals surface area contributed by atoms with Crippen LogP contribution < -0.4 is 20.1 Å². The summed E-state index contributed by atoms with van der Waals surface area (Å²) in [5.41, 5.74) is 0. The fourth-order valence-electron chi connectivity index (χ4n) is 3.83. The van der Waals surface area contributed by atoms with Gasteiger partial charge >= 0.3 is 0 Å². The summed E-state index contributed by atoms with van der Waals surface area (Å²) in [7, 11) is 3.97. The maximum Gasteiger partial charge on any atom is 0.168 e. The van der Waals surface area contributed by atoms with Gasteiger partial charge in [0.2, 0.25) is 0 Å². The van der Waals surface area contributed by atoms with E-state index in [1.165, 1.54) is 0 Å². The first kappa shape index (κ1) is 40.3. The zero-order valence-corrected chi connectivity index (χ0v) is 28.8. The minimum Gasteiger partial charge on any atom is -0.492 e. The summed E-state index contributed by atoms with van der Waals surface area (Å²) in [6, 6.07) is 19.7. The summed E-state index contributed by atoms with van der Waals surface area (Å²) >= 11 is 10.7. The van der Waals surface area contributed by atoms with Crippen molar-refractivity contribution in [2.75, 3.05) is 92.8 Å². The van der Waals surface area contributed by atoms with Gasteiger partial charge in [-0.25, -0.2) is 0 Å². The number of para-hydroxylation sites is 2. The van der Waals surface area contributed by atoms with Crippen molar-refractivity contribution in [3.05, 3.63) is 60.7 Å². The zero-order chi connectivity index (χ0) is 31.0. The molecule has 0 aromatic heterocycles.